The van der Waals surface area contributed by atoms with Crippen LogP contribution in [0, 0.1) is 18.8 Å². The molecule has 0 aromatic carbocycles. The van der Waals surface area contributed by atoms with Gasteiger partial charge in [0.05, 0.1) is 83.7 Å². The second-order valence-electron chi connectivity index (χ2n) is 14.8. The van der Waals surface area contributed by atoms with Crippen LogP contribution in [-0.2, 0) is 0 Å². The molecule has 11 rings (SSSR count). The van der Waals surface area contributed by atoms with Gasteiger partial charge in [0.2, 0.25) is 17.7 Å². The maximum Gasteiger partial charge on any atom is 0.275 e. The minimum Gasteiger partial charge on any atom is -0.476 e. The molecule has 2 fully saturated rings. The zero-order chi connectivity index (χ0) is 45.3. The van der Waals surface area contributed by atoms with Gasteiger partial charge < -0.3 is 40.4 Å². The lowest BCUT2D eigenvalue weighted by Gasteiger charge is -2.21. The Morgan fingerprint density at radius 2 is 1.46 bits per heavy atom. The Morgan fingerprint density at radius 3 is 2.15 bits per heavy atom. The number of anilines is 2. The number of aliphatic hydroxyl groups is 3. The topological polar surface area (TPSA) is 252 Å². The van der Waals surface area contributed by atoms with Crippen LogP contribution in [0.1, 0.15) is 38.8 Å². The van der Waals surface area contributed by atoms with Crippen molar-refractivity contribution in [3.63, 3.8) is 0 Å². The van der Waals surface area contributed by atoms with E-state index in [1.54, 1.807) is 64.7 Å². The first-order valence-corrected chi connectivity index (χ1v) is 24.3. The lowest BCUT2D eigenvalue weighted by Crippen LogP contribution is -2.35. The number of hydrogen-bond donors (Lipinski definition) is 6. The molecule has 2 aliphatic carbocycles. The second kappa shape index (κ2) is 21.4. The highest BCUT2D eigenvalue weighted by atomic mass is 32.1. The smallest absolute Gasteiger partial charge is 0.275 e. The molecule has 65 heavy (non-hydrogen) atoms. The molecule has 9 aromatic heterocycles. The molecule has 2 aliphatic rings. The van der Waals surface area contributed by atoms with E-state index in [4.69, 9.17) is 19.4 Å². The molecule has 0 bridgehead atoms. The molecule has 0 radical (unpaired) electrons. The van der Waals surface area contributed by atoms with Gasteiger partial charge in [-0.3, -0.25) is 9.78 Å². The van der Waals surface area contributed by atoms with E-state index in [0.29, 0.717) is 65.1 Å². The van der Waals surface area contributed by atoms with Gasteiger partial charge >= 0.3 is 0 Å². The Morgan fingerprint density at radius 1 is 0.785 bits per heavy atom. The molecule has 0 amide bonds. The maximum absolute atomic E-state index is 10.9. The third kappa shape index (κ3) is 11.0. The lowest BCUT2D eigenvalue weighted by atomic mass is 10.1. The van der Waals surface area contributed by atoms with E-state index >= 15 is 0 Å². The summed E-state index contributed by atoms with van der Waals surface area (Å²) in [6.45, 7) is 7.50. The molecule has 0 aliphatic heterocycles. The standard InChI is InChI=1S/C23H30N6O4S.C8H8N2OS.C6H4N2OS.C6H4N2S/c1-3-33-21-17-15(6-7-24-21)34-22(28-17)16-11(2)26-23(25-9-12-4-5-12)29-20(16)27-14-8-13(10-30)18(31)19(14)32;1-2-11-8-7-6(3-4-9-8)12-5-10-7;9-6-5-4(1-2-7-6)10-3-8-5;1-2-7-3-5-6(1)9-4-8-5/h6-7,12-14,18-19,30-32H,3-5,8-10H2,1-2H3,(H2,25,26,27,29);3-5H,2H2,1H3;1-3H,(H,7,9);1-4H/t13-,14-,18-,19+;;;/m1.../s1. The summed E-state index contributed by atoms with van der Waals surface area (Å²) in [5, 5.41) is 37.8. The Labute approximate surface area is 387 Å². The predicted molar refractivity (Wildman–Crippen MR) is 256 cm³/mol. The highest BCUT2D eigenvalue weighted by molar-refractivity contribution is 7.21. The van der Waals surface area contributed by atoms with E-state index in [2.05, 4.69) is 50.5 Å². The van der Waals surface area contributed by atoms with Crippen molar-refractivity contribution in [3.05, 3.63) is 87.8 Å². The largest absolute Gasteiger partial charge is 0.476 e. The van der Waals surface area contributed by atoms with Crippen molar-refractivity contribution in [2.24, 2.45) is 11.8 Å². The van der Waals surface area contributed by atoms with Crippen molar-refractivity contribution in [1.82, 2.24) is 49.8 Å². The number of H-pyrrole nitrogens is 1. The van der Waals surface area contributed by atoms with Crippen molar-refractivity contribution in [2.75, 3.05) is 37.0 Å². The van der Waals surface area contributed by atoms with E-state index in [1.807, 2.05) is 50.5 Å². The molecule has 0 unspecified atom stereocenters. The lowest BCUT2D eigenvalue weighted by molar-refractivity contribution is 0.00446. The number of hydrogen-bond acceptors (Lipinski definition) is 21. The summed E-state index contributed by atoms with van der Waals surface area (Å²) in [4.78, 5) is 52.2. The molecular weight excluding hydrogens is 909 g/mol. The summed E-state index contributed by atoms with van der Waals surface area (Å²) in [7, 11) is 0. The molecular formula is C43H46N12O6S4. The molecule has 4 atom stereocenters. The zero-order valence-electron chi connectivity index (χ0n) is 35.5. The van der Waals surface area contributed by atoms with Gasteiger partial charge in [-0.05, 0) is 70.2 Å². The second-order valence-corrected chi connectivity index (χ2v) is 18.5. The van der Waals surface area contributed by atoms with Crippen molar-refractivity contribution in [3.8, 4) is 22.3 Å². The highest BCUT2D eigenvalue weighted by Gasteiger charge is 2.41. The molecule has 2 saturated carbocycles. The van der Waals surface area contributed by atoms with Crippen LogP contribution in [0.5, 0.6) is 11.8 Å². The summed E-state index contributed by atoms with van der Waals surface area (Å²) in [6, 6.07) is 7.18. The molecule has 9 heterocycles. The first kappa shape index (κ1) is 45.7. The third-order valence-electron chi connectivity index (χ3n) is 10.4. The predicted octanol–water partition coefficient (Wildman–Crippen LogP) is 6.96. The van der Waals surface area contributed by atoms with Crippen LogP contribution in [0.3, 0.4) is 0 Å². The fraction of sp³-hybridized carbons (Fsp3) is 0.349. The van der Waals surface area contributed by atoms with Crippen LogP contribution in [-0.4, -0.2) is 110 Å². The number of rotatable bonds is 11. The first-order valence-electron chi connectivity index (χ1n) is 20.8. The molecule has 18 nitrogen and oxygen atoms in total. The normalized spacial score (nSPS) is 17.8. The van der Waals surface area contributed by atoms with Crippen LogP contribution in [0.2, 0.25) is 0 Å². The number of aromatic amines is 1. The average molecular weight is 955 g/mol. The zero-order valence-corrected chi connectivity index (χ0v) is 38.8. The Hall–Kier alpha value is -5.88. The number of aryl methyl sites for hydroxylation is 1. The highest BCUT2D eigenvalue weighted by Crippen LogP contribution is 2.40. The maximum atomic E-state index is 10.9. The van der Waals surface area contributed by atoms with Gasteiger partial charge in [-0.15, -0.1) is 45.3 Å². The molecule has 0 saturated heterocycles. The monoisotopic (exact) mass is 954 g/mol. The SMILES string of the molecule is CCOc1nccc2sc(-c3c(C)nc(NCC4CC4)nc3N[C@@H]3C[C@H](CO)[C@@H](O)[C@H]3O)nc12.CCOc1nccc2scnc12.O=c1[nH]ccc2scnc12.c1cc2scnc2cn1. The summed E-state index contributed by atoms with van der Waals surface area (Å²) < 4.78 is 15.2. The van der Waals surface area contributed by atoms with E-state index in [1.165, 1.54) is 40.2 Å². The van der Waals surface area contributed by atoms with Gasteiger partial charge in [0.25, 0.3) is 5.56 Å². The molecule has 0 spiro atoms. The minimum atomic E-state index is -1.02. The van der Waals surface area contributed by atoms with Crippen molar-refractivity contribution < 1.29 is 24.8 Å². The molecule has 338 valence electrons. The average Bonchev–Trinajstić information content (AvgIpc) is 3.85. The summed E-state index contributed by atoms with van der Waals surface area (Å²) in [5.41, 5.74) is 9.73. The number of aliphatic hydroxyl groups excluding tert-OH is 3. The van der Waals surface area contributed by atoms with Crippen LogP contribution in [0.15, 0.2) is 76.6 Å². The number of fused-ring (bicyclic) bond motifs is 4. The molecule has 22 heteroatoms. The van der Waals surface area contributed by atoms with E-state index in [-0.39, 0.29) is 12.2 Å². The van der Waals surface area contributed by atoms with Crippen molar-refractivity contribution >= 4 is 98.0 Å². The summed E-state index contributed by atoms with van der Waals surface area (Å²) in [6.07, 6.45) is 9.45. The van der Waals surface area contributed by atoms with Gasteiger partial charge in [0.1, 0.15) is 33.5 Å². The summed E-state index contributed by atoms with van der Waals surface area (Å²) in [5.74, 6) is 2.43. The number of thiazole rings is 4. The van der Waals surface area contributed by atoms with Crippen LogP contribution >= 0.6 is 45.3 Å². The minimum absolute atomic E-state index is 0.112. The van der Waals surface area contributed by atoms with Gasteiger partial charge in [-0.25, -0.2) is 34.9 Å². The van der Waals surface area contributed by atoms with Gasteiger partial charge in [-0.2, -0.15) is 4.98 Å². The number of nitrogens with zero attached hydrogens (tertiary/aromatic N) is 9. The van der Waals surface area contributed by atoms with Crippen LogP contribution in [0.4, 0.5) is 11.8 Å². The van der Waals surface area contributed by atoms with E-state index in [0.717, 1.165) is 42.9 Å². The number of pyridine rings is 4. The molecule has 6 N–H and O–H groups in total. The van der Waals surface area contributed by atoms with Crippen molar-refractivity contribution in [1.29, 1.82) is 0 Å². The Balaban J connectivity index is 0.000000148. The number of nitrogens with one attached hydrogen (secondary N) is 3. The fourth-order valence-corrected chi connectivity index (χ4v) is 9.93. The Bertz CT molecular complexity index is 3000. The van der Waals surface area contributed by atoms with Gasteiger partial charge in [-0.1, -0.05) is 0 Å². The summed E-state index contributed by atoms with van der Waals surface area (Å²) >= 11 is 6.20. The quantitative estimate of drug-likeness (QED) is 0.0766. The van der Waals surface area contributed by atoms with E-state index < -0.39 is 24.2 Å². The van der Waals surface area contributed by atoms with E-state index in [9.17, 15) is 20.1 Å². The van der Waals surface area contributed by atoms with Crippen LogP contribution in [0.25, 0.3) is 51.4 Å². The van der Waals surface area contributed by atoms with Crippen molar-refractivity contribution in [2.45, 2.75) is 58.3 Å². The fourth-order valence-electron chi connectivity index (χ4n) is 6.90. The van der Waals surface area contributed by atoms with Gasteiger partial charge in [0, 0.05) is 43.9 Å². The molecule has 9 aromatic rings. The Kier molecular flexibility index (Phi) is 15.0. The number of aromatic nitrogens is 10. The first-order chi connectivity index (χ1) is 31.7. The van der Waals surface area contributed by atoms with Gasteiger partial charge in [0.15, 0.2) is 0 Å². The van der Waals surface area contributed by atoms with Crippen LogP contribution < -0.4 is 25.7 Å². The third-order valence-corrected chi connectivity index (χ3v) is 13.8. The number of ether oxygens (including phenoxy) is 2.